The Morgan fingerprint density at radius 1 is 1.05 bits per heavy atom. The SMILES string of the molecule is Cc1ccc(-n2c(C)nc3c(Br)cc(Br)cc3c2=O)cc1. The molecule has 21 heavy (non-hydrogen) atoms. The number of aromatic nitrogens is 2. The van der Waals surface area contributed by atoms with Crippen LogP contribution in [0.1, 0.15) is 11.4 Å². The maximum Gasteiger partial charge on any atom is 0.266 e. The summed E-state index contributed by atoms with van der Waals surface area (Å²) in [5.41, 5.74) is 2.60. The zero-order valence-corrected chi connectivity index (χ0v) is 14.7. The van der Waals surface area contributed by atoms with Crippen LogP contribution >= 0.6 is 31.9 Å². The predicted octanol–water partition coefficient (Wildman–Crippen LogP) is 4.53. The highest BCUT2D eigenvalue weighted by molar-refractivity contribution is 9.11. The first-order valence-corrected chi connectivity index (χ1v) is 8.01. The maximum absolute atomic E-state index is 12.8. The first-order valence-electron chi connectivity index (χ1n) is 6.43. The number of fused-ring (bicyclic) bond motifs is 1. The molecule has 0 unspecified atom stereocenters. The molecule has 1 aromatic heterocycles. The molecule has 0 aliphatic carbocycles. The minimum Gasteiger partial charge on any atom is -0.268 e. The van der Waals surface area contributed by atoms with Crippen molar-refractivity contribution in [1.82, 2.24) is 9.55 Å². The molecule has 0 saturated heterocycles. The van der Waals surface area contributed by atoms with Crippen LogP contribution in [-0.4, -0.2) is 9.55 Å². The summed E-state index contributed by atoms with van der Waals surface area (Å²) in [6.07, 6.45) is 0. The van der Waals surface area contributed by atoms with Crippen LogP contribution in [0.25, 0.3) is 16.6 Å². The molecule has 0 atom stereocenters. The third-order valence-corrected chi connectivity index (χ3v) is 4.41. The average Bonchev–Trinajstić information content (AvgIpc) is 2.42. The Hall–Kier alpha value is -1.46. The van der Waals surface area contributed by atoms with Gasteiger partial charge in [-0.1, -0.05) is 33.6 Å². The van der Waals surface area contributed by atoms with Crippen molar-refractivity contribution in [2.24, 2.45) is 0 Å². The van der Waals surface area contributed by atoms with Crippen LogP contribution in [0.15, 0.2) is 50.1 Å². The van der Waals surface area contributed by atoms with E-state index in [1.54, 1.807) is 10.6 Å². The highest BCUT2D eigenvalue weighted by atomic mass is 79.9. The summed E-state index contributed by atoms with van der Waals surface area (Å²) in [5.74, 6) is 0.666. The molecule has 0 amide bonds. The fraction of sp³-hybridized carbons (Fsp3) is 0.125. The molecule has 0 radical (unpaired) electrons. The van der Waals surface area contributed by atoms with E-state index in [-0.39, 0.29) is 5.56 Å². The van der Waals surface area contributed by atoms with E-state index in [1.807, 2.05) is 44.2 Å². The summed E-state index contributed by atoms with van der Waals surface area (Å²) < 4.78 is 3.30. The Kier molecular flexibility index (Phi) is 3.71. The van der Waals surface area contributed by atoms with Gasteiger partial charge in [0.2, 0.25) is 0 Å². The Bertz CT molecular complexity index is 899. The number of nitrogens with zero attached hydrogens (tertiary/aromatic N) is 2. The van der Waals surface area contributed by atoms with Gasteiger partial charge in [0.1, 0.15) is 5.82 Å². The van der Waals surface area contributed by atoms with Crippen LogP contribution in [0.3, 0.4) is 0 Å². The lowest BCUT2D eigenvalue weighted by molar-refractivity contribution is 0.893. The number of halogens is 2. The summed E-state index contributed by atoms with van der Waals surface area (Å²) >= 11 is 6.89. The second-order valence-corrected chi connectivity index (χ2v) is 6.69. The fourth-order valence-corrected chi connectivity index (χ4v) is 3.63. The topological polar surface area (TPSA) is 34.9 Å². The summed E-state index contributed by atoms with van der Waals surface area (Å²) in [6, 6.07) is 11.5. The zero-order chi connectivity index (χ0) is 15.1. The monoisotopic (exact) mass is 406 g/mol. The third kappa shape index (κ3) is 2.56. The summed E-state index contributed by atoms with van der Waals surface area (Å²) in [7, 11) is 0. The standard InChI is InChI=1S/C16H12Br2N2O/c1-9-3-5-12(6-4-9)20-10(2)19-15-13(16(20)21)7-11(17)8-14(15)18/h3-8H,1-2H3. The van der Waals surface area contributed by atoms with E-state index >= 15 is 0 Å². The van der Waals surface area contributed by atoms with Crippen molar-refractivity contribution in [3.05, 3.63) is 67.1 Å². The van der Waals surface area contributed by atoms with Crippen molar-refractivity contribution >= 4 is 42.8 Å². The molecule has 0 aliphatic rings. The molecule has 0 spiro atoms. The molecular weight excluding hydrogens is 396 g/mol. The first kappa shape index (κ1) is 14.5. The Balaban J connectivity index is 2.39. The first-order chi connectivity index (χ1) is 9.97. The van der Waals surface area contributed by atoms with E-state index in [9.17, 15) is 4.79 Å². The molecule has 2 aromatic carbocycles. The maximum atomic E-state index is 12.8. The number of hydrogen-bond donors (Lipinski definition) is 0. The van der Waals surface area contributed by atoms with Gasteiger partial charge in [0.15, 0.2) is 0 Å². The number of aryl methyl sites for hydroxylation is 2. The van der Waals surface area contributed by atoms with E-state index in [0.717, 1.165) is 20.2 Å². The van der Waals surface area contributed by atoms with Crippen LogP contribution in [0.5, 0.6) is 0 Å². The molecule has 3 aromatic rings. The van der Waals surface area contributed by atoms with Gasteiger partial charge in [-0.3, -0.25) is 9.36 Å². The molecular formula is C16H12Br2N2O. The predicted molar refractivity (Wildman–Crippen MR) is 92.2 cm³/mol. The van der Waals surface area contributed by atoms with Crippen molar-refractivity contribution in [1.29, 1.82) is 0 Å². The van der Waals surface area contributed by atoms with Crippen LogP contribution in [0, 0.1) is 13.8 Å². The van der Waals surface area contributed by atoms with E-state index in [4.69, 9.17) is 0 Å². The van der Waals surface area contributed by atoms with Crippen LogP contribution in [0.4, 0.5) is 0 Å². The van der Waals surface area contributed by atoms with E-state index in [2.05, 4.69) is 36.8 Å². The summed E-state index contributed by atoms with van der Waals surface area (Å²) in [5, 5.41) is 0.586. The van der Waals surface area contributed by atoms with Gasteiger partial charge in [0.25, 0.3) is 5.56 Å². The van der Waals surface area contributed by atoms with Gasteiger partial charge in [-0.05, 0) is 54.0 Å². The van der Waals surface area contributed by atoms with Crippen molar-refractivity contribution in [2.45, 2.75) is 13.8 Å². The normalized spacial score (nSPS) is 11.0. The lowest BCUT2D eigenvalue weighted by Crippen LogP contribution is -2.22. The molecule has 0 fully saturated rings. The smallest absolute Gasteiger partial charge is 0.266 e. The van der Waals surface area contributed by atoms with Gasteiger partial charge in [-0.25, -0.2) is 4.98 Å². The van der Waals surface area contributed by atoms with Gasteiger partial charge in [-0.15, -0.1) is 0 Å². The highest BCUT2D eigenvalue weighted by Gasteiger charge is 2.12. The lowest BCUT2D eigenvalue weighted by Gasteiger charge is -2.12. The summed E-state index contributed by atoms with van der Waals surface area (Å²) in [6.45, 7) is 3.86. The van der Waals surface area contributed by atoms with Crippen LogP contribution < -0.4 is 5.56 Å². The van der Waals surface area contributed by atoms with Gasteiger partial charge in [-0.2, -0.15) is 0 Å². The Morgan fingerprint density at radius 3 is 2.38 bits per heavy atom. The zero-order valence-electron chi connectivity index (χ0n) is 11.5. The quantitative estimate of drug-likeness (QED) is 0.594. The summed E-state index contributed by atoms with van der Waals surface area (Å²) in [4.78, 5) is 17.4. The molecule has 3 rings (SSSR count). The van der Waals surface area contributed by atoms with Crippen LogP contribution in [0.2, 0.25) is 0 Å². The molecule has 106 valence electrons. The van der Waals surface area contributed by atoms with E-state index < -0.39 is 0 Å². The minimum absolute atomic E-state index is 0.0663. The van der Waals surface area contributed by atoms with Crippen molar-refractivity contribution in [3.8, 4) is 5.69 Å². The van der Waals surface area contributed by atoms with Gasteiger partial charge in [0, 0.05) is 8.95 Å². The molecule has 5 heteroatoms. The van der Waals surface area contributed by atoms with Crippen molar-refractivity contribution < 1.29 is 0 Å². The number of rotatable bonds is 1. The molecule has 0 aliphatic heterocycles. The van der Waals surface area contributed by atoms with Gasteiger partial charge >= 0.3 is 0 Å². The third-order valence-electron chi connectivity index (χ3n) is 3.35. The molecule has 0 saturated carbocycles. The van der Waals surface area contributed by atoms with E-state index in [1.165, 1.54) is 0 Å². The largest absolute Gasteiger partial charge is 0.268 e. The number of hydrogen-bond acceptors (Lipinski definition) is 2. The molecule has 0 N–H and O–H groups in total. The van der Waals surface area contributed by atoms with E-state index in [0.29, 0.717) is 16.7 Å². The van der Waals surface area contributed by atoms with Gasteiger partial charge < -0.3 is 0 Å². The second kappa shape index (κ2) is 5.39. The average molecular weight is 408 g/mol. The van der Waals surface area contributed by atoms with Crippen LogP contribution in [-0.2, 0) is 0 Å². The van der Waals surface area contributed by atoms with Gasteiger partial charge in [0.05, 0.1) is 16.6 Å². The highest BCUT2D eigenvalue weighted by Crippen LogP contribution is 2.26. The van der Waals surface area contributed by atoms with Crippen molar-refractivity contribution in [3.63, 3.8) is 0 Å². The number of benzene rings is 2. The molecule has 1 heterocycles. The second-order valence-electron chi connectivity index (χ2n) is 4.92. The molecule has 0 bridgehead atoms. The van der Waals surface area contributed by atoms with Crippen molar-refractivity contribution in [2.75, 3.05) is 0 Å². The molecule has 3 nitrogen and oxygen atoms in total. The Labute approximate surface area is 138 Å². The minimum atomic E-state index is -0.0663. The fourth-order valence-electron chi connectivity index (χ4n) is 2.32. The Morgan fingerprint density at radius 2 is 1.71 bits per heavy atom. The lowest BCUT2D eigenvalue weighted by atomic mass is 10.2.